The van der Waals surface area contributed by atoms with Gasteiger partial charge in [-0.3, -0.25) is 0 Å². The van der Waals surface area contributed by atoms with Gasteiger partial charge in [-0.05, 0) is 173 Å². The molecule has 0 bridgehead atoms. The van der Waals surface area contributed by atoms with Crippen LogP contribution in [0, 0.1) is 18.8 Å². The predicted molar refractivity (Wildman–Crippen MR) is 316 cm³/mol. The van der Waals surface area contributed by atoms with Crippen molar-refractivity contribution in [2.45, 2.75) is 38.0 Å². The van der Waals surface area contributed by atoms with Crippen molar-refractivity contribution in [3.05, 3.63) is 311 Å². The Hall–Kier alpha value is -8.78. The maximum absolute atomic E-state index is 2.49. The van der Waals surface area contributed by atoms with Crippen molar-refractivity contribution in [3.8, 4) is 33.4 Å². The number of anilines is 3. The number of rotatable bonds is 8. The van der Waals surface area contributed by atoms with E-state index in [-0.39, 0.29) is 0 Å². The van der Waals surface area contributed by atoms with Crippen LogP contribution in [-0.2, 0) is 11.8 Å². The fraction of sp³-hybridized carbons (Fsp3) is 0.108. The molecule has 75 heavy (non-hydrogen) atoms. The van der Waals surface area contributed by atoms with Crippen molar-refractivity contribution >= 4 is 44.2 Å². The van der Waals surface area contributed by atoms with Crippen LogP contribution in [-0.4, -0.2) is 0 Å². The summed E-state index contributed by atoms with van der Waals surface area (Å²) >= 11 is 0. The summed E-state index contributed by atoms with van der Waals surface area (Å²) < 4.78 is 0. The van der Waals surface area contributed by atoms with E-state index in [9.17, 15) is 0 Å². The van der Waals surface area contributed by atoms with Crippen LogP contribution >= 0.6 is 0 Å². The molecule has 0 N–H and O–H groups in total. The molecule has 0 amide bonds. The molecular formula is C74H57N. The lowest BCUT2D eigenvalue weighted by molar-refractivity contribution is 0.764. The van der Waals surface area contributed by atoms with Gasteiger partial charge in [0.05, 0.1) is 5.41 Å². The van der Waals surface area contributed by atoms with E-state index in [0.29, 0.717) is 5.92 Å². The monoisotopic (exact) mass is 959 g/mol. The van der Waals surface area contributed by atoms with Gasteiger partial charge in [-0.15, -0.1) is 0 Å². The van der Waals surface area contributed by atoms with Gasteiger partial charge in [0, 0.05) is 17.1 Å². The van der Waals surface area contributed by atoms with E-state index in [1.165, 1.54) is 111 Å². The highest BCUT2D eigenvalue weighted by Crippen LogP contribution is 2.63. The minimum Gasteiger partial charge on any atom is -0.310 e. The summed E-state index contributed by atoms with van der Waals surface area (Å²) in [6, 6.07) is 92.0. The molecule has 1 heteroatoms. The second kappa shape index (κ2) is 18.3. The Morgan fingerprint density at radius 3 is 1.75 bits per heavy atom. The molecule has 0 heterocycles. The summed E-state index contributed by atoms with van der Waals surface area (Å²) in [6.07, 6.45) is 9.55. The number of hydrogen-bond donors (Lipinski definition) is 0. The average molecular weight is 960 g/mol. The Morgan fingerprint density at radius 1 is 0.440 bits per heavy atom. The van der Waals surface area contributed by atoms with Crippen LogP contribution in [0.25, 0.3) is 60.5 Å². The number of aryl methyl sites for hydroxylation is 1. The predicted octanol–water partition coefficient (Wildman–Crippen LogP) is 19.4. The highest BCUT2D eigenvalue weighted by molar-refractivity contribution is 5.97. The quantitative estimate of drug-likeness (QED) is 0.147. The summed E-state index contributed by atoms with van der Waals surface area (Å²) in [7, 11) is 0. The molecule has 0 aromatic heterocycles. The zero-order valence-corrected chi connectivity index (χ0v) is 42.5. The van der Waals surface area contributed by atoms with Crippen LogP contribution in [0.4, 0.5) is 17.1 Å². The van der Waals surface area contributed by atoms with Gasteiger partial charge in [0.2, 0.25) is 0 Å². The number of fused-ring (bicyclic) bond motifs is 13. The van der Waals surface area contributed by atoms with Crippen molar-refractivity contribution in [1.29, 1.82) is 0 Å². The van der Waals surface area contributed by atoms with Gasteiger partial charge >= 0.3 is 0 Å². The van der Waals surface area contributed by atoms with E-state index in [4.69, 9.17) is 0 Å². The first-order valence-corrected chi connectivity index (χ1v) is 26.8. The van der Waals surface area contributed by atoms with Crippen molar-refractivity contribution in [3.63, 3.8) is 0 Å². The Labute approximate surface area is 441 Å². The normalized spacial score (nSPS) is 16.2. The SMILES string of the molecule is CC(Cc1cccc2ccccc12)c1ccc2ccccc2c1.Cc1ccc2c(c1)C1(c3ccccc3-c3ccccc31)c1cc(N(c3ccc(C4=CC5CC5C=C4)cc3)c3ccc(-c4ccccc4)cc3)ccc1-2. The molecular weight excluding hydrogens is 903 g/mol. The Morgan fingerprint density at radius 2 is 1.01 bits per heavy atom. The maximum Gasteiger partial charge on any atom is 0.0726 e. The second-order valence-corrected chi connectivity index (χ2v) is 21.3. The minimum atomic E-state index is -0.396. The first-order valence-electron chi connectivity index (χ1n) is 26.8. The largest absolute Gasteiger partial charge is 0.310 e. The number of allylic oxidation sites excluding steroid dienone is 4. The summed E-state index contributed by atoms with van der Waals surface area (Å²) in [4.78, 5) is 2.44. The fourth-order valence-electron chi connectivity index (χ4n) is 12.9. The van der Waals surface area contributed by atoms with Crippen LogP contribution in [0.15, 0.2) is 267 Å². The van der Waals surface area contributed by atoms with Gasteiger partial charge < -0.3 is 4.90 Å². The first kappa shape index (κ1) is 44.9. The Bertz CT molecular complexity index is 3990. The molecule has 1 spiro atoms. The summed E-state index contributed by atoms with van der Waals surface area (Å²) in [5.41, 5.74) is 23.0. The lowest BCUT2D eigenvalue weighted by atomic mass is 9.70. The van der Waals surface area contributed by atoms with E-state index in [0.717, 1.165) is 35.3 Å². The number of benzene rings is 11. The topological polar surface area (TPSA) is 3.24 Å². The van der Waals surface area contributed by atoms with Crippen molar-refractivity contribution < 1.29 is 0 Å². The Kier molecular flexibility index (Phi) is 11.0. The van der Waals surface area contributed by atoms with Gasteiger partial charge in [-0.2, -0.15) is 0 Å². The minimum absolute atomic E-state index is 0.396. The van der Waals surface area contributed by atoms with Crippen molar-refractivity contribution in [1.82, 2.24) is 0 Å². The molecule has 1 saturated carbocycles. The van der Waals surface area contributed by atoms with Crippen LogP contribution in [0.2, 0.25) is 0 Å². The molecule has 15 rings (SSSR count). The average Bonchev–Trinajstić information content (AvgIpc) is 4.15. The number of hydrogen-bond acceptors (Lipinski definition) is 1. The van der Waals surface area contributed by atoms with Crippen molar-refractivity contribution in [2.24, 2.45) is 11.8 Å². The van der Waals surface area contributed by atoms with Gasteiger partial charge in [0.25, 0.3) is 0 Å². The zero-order chi connectivity index (χ0) is 50.0. The molecule has 4 aliphatic rings. The molecule has 358 valence electrons. The molecule has 0 saturated heterocycles. The lowest BCUT2D eigenvalue weighted by Crippen LogP contribution is -2.26. The van der Waals surface area contributed by atoms with E-state index >= 15 is 0 Å². The van der Waals surface area contributed by atoms with Crippen LogP contribution in [0.1, 0.15) is 63.8 Å². The first-order chi connectivity index (χ1) is 37.0. The molecule has 11 aromatic carbocycles. The van der Waals surface area contributed by atoms with E-state index in [1.54, 1.807) is 0 Å². The van der Waals surface area contributed by atoms with Gasteiger partial charge in [0.15, 0.2) is 0 Å². The molecule has 11 aromatic rings. The second-order valence-electron chi connectivity index (χ2n) is 21.3. The van der Waals surface area contributed by atoms with E-state index in [2.05, 4.69) is 286 Å². The smallest absolute Gasteiger partial charge is 0.0726 e. The molecule has 1 fully saturated rings. The van der Waals surface area contributed by atoms with Crippen LogP contribution in [0.5, 0.6) is 0 Å². The molecule has 4 aliphatic carbocycles. The maximum atomic E-state index is 2.49. The van der Waals surface area contributed by atoms with Gasteiger partial charge in [-0.1, -0.05) is 243 Å². The van der Waals surface area contributed by atoms with E-state index < -0.39 is 5.41 Å². The summed E-state index contributed by atoms with van der Waals surface area (Å²) in [5, 5.41) is 5.35. The molecule has 3 unspecified atom stereocenters. The standard InChI is InChI=1S/C51H37N.C23H20/c1-33-15-27-45-46-28-26-42(32-50(46)51(49(45)29-33)47-13-7-5-11-43(47)44-12-6-8-14-48(44)51)52(40-22-18-35(19-23-40)34-9-3-2-4-10-34)41-24-20-36(21-25-41)37-16-17-38-31-39(38)30-37;1-17(20-14-13-18-7-2-3-9-21(18)16-20)15-22-11-6-10-19-8-4-5-12-23(19)22/h2-30,32,38-39H,31H2,1H3;2-14,16-17H,15H2,1H3. The Balaban J connectivity index is 0.000000187. The highest BCUT2D eigenvalue weighted by atomic mass is 15.1. The third-order valence-electron chi connectivity index (χ3n) is 16.7. The third-order valence-corrected chi connectivity index (χ3v) is 16.7. The summed E-state index contributed by atoms with van der Waals surface area (Å²) in [6.45, 7) is 4.55. The number of nitrogens with zero attached hydrogens (tertiary/aromatic N) is 1. The molecule has 3 atom stereocenters. The van der Waals surface area contributed by atoms with Gasteiger partial charge in [0.1, 0.15) is 0 Å². The lowest BCUT2D eigenvalue weighted by Gasteiger charge is -2.32. The highest BCUT2D eigenvalue weighted by Gasteiger charge is 2.51. The molecule has 1 nitrogen and oxygen atoms in total. The van der Waals surface area contributed by atoms with Crippen LogP contribution < -0.4 is 4.90 Å². The van der Waals surface area contributed by atoms with E-state index in [1.807, 2.05) is 0 Å². The van der Waals surface area contributed by atoms with Crippen LogP contribution in [0.3, 0.4) is 0 Å². The zero-order valence-electron chi connectivity index (χ0n) is 42.5. The molecule has 0 aliphatic heterocycles. The third kappa shape index (κ3) is 7.77. The summed E-state index contributed by atoms with van der Waals surface area (Å²) in [5.74, 6) is 1.98. The van der Waals surface area contributed by atoms with Gasteiger partial charge in [-0.25, -0.2) is 0 Å². The molecule has 0 radical (unpaired) electrons. The fourth-order valence-corrected chi connectivity index (χ4v) is 12.9. The van der Waals surface area contributed by atoms with Crippen molar-refractivity contribution in [2.75, 3.05) is 4.90 Å².